The molecule has 0 aromatic carbocycles. The van der Waals surface area contributed by atoms with E-state index in [0.29, 0.717) is 15.8 Å². The molecule has 3 heteroatoms. The van der Waals surface area contributed by atoms with Gasteiger partial charge in [-0.25, -0.2) is 0 Å². The third kappa shape index (κ3) is 0.563. The van der Waals surface area contributed by atoms with Crippen molar-refractivity contribution in [2.24, 2.45) is 0 Å². The first-order valence-corrected chi connectivity index (χ1v) is 28.3. The Balaban J connectivity index is 1.05. The van der Waals surface area contributed by atoms with E-state index in [9.17, 15) is 0 Å². The van der Waals surface area contributed by atoms with Gasteiger partial charge in [-0.3, -0.25) is 0 Å². The van der Waals surface area contributed by atoms with Crippen LogP contribution in [0, 0.1) is 0 Å². The molecule has 0 aromatic heterocycles. The normalized spacial score (nSPS) is 75.6. The molecule has 4 saturated carbocycles. The average Bonchev–Trinajstić information content (AvgIpc) is 3.92. The minimum atomic E-state index is -3.65. The van der Waals surface area contributed by atoms with E-state index in [-0.39, 0.29) is 0 Å². The second-order valence-corrected chi connectivity index (χ2v) is 54.6. The molecular formula is C34H52CrP2. The Bertz CT molecular complexity index is 1340. The Labute approximate surface area is 219 Å². The van der Waals surface area contributed by atoms with Crippen molar-refractivity contribution in [3.05, 3.63) is 0 Å². The summed E-state index contributed by atoms with van der Waals surface area (Å²) in [5, 5.41) is 0. The molecule has 1 spiro atoms. The molecule has 14 fully saturated rings. The first-order valence-electron chi connectivity index (χ1n) is 18.2. The SMILES string of the molecule is C1CCC(P(C2CCCCC2)[C]23[CH]4[CH]5[CH]6[C]2(P(C2CCCCC2)C2CCCCC2)[Cr]54632789[CH]3[CH]2[CH]7[CH]8[CH]39)CC1. The van der Waals surface area contributed by atoms with Crippen LogP contribution in [0.4, 0.5) is 0 Å². The van der Waals surface area contributed by atoms with E-state index in [0.717, 1.165) is 0 Å². The van der Waals surface area contributed by atoms with Gasteiger partial charge in [0.25, 0.3) is 0 Å². The second-order valence-electron chi connectivity index (χ2n) is 20.8. The molecule has 0 bridgehead atoms. The molecule has 4 aliphatic carbocycles. The van der Waals surface area contributed by atoms with Crippen LogP contribution < -0.4 is 0 Å². The molecule has 37 heavy (non-hydrogen) atoms. The number of rotatable bonds is 6. The summed E-state index contributed by atoms with van der Waals surface area (Å²) < 4.78 is 15.2. The van der Waals surface area contributed by atoms with Crippen molar-refractivity contribution in [1.82, 2.24) is 0 Å². The summed E-state index contributed by atoms with van der Waals surface area (Å²) in [5.41, 5.74) is 5.17. The zero-order valence-corrected chi connectivity index (χ0v) is 26.4. The molecule has 10 aliphatic heterocycles. The van der Waals surface area contributed by atoms with Crippen LogP contribution in [0.25, 0.3) is 0 Å². The standard InChI is InChI=1S/C29H47P2.C5H5.Cr/c1-5-14-24(15-6-1)30(25-16-7-2-8-17-25)28-22-13-23-29(28)31(26-18-9-3-10-19-26)27-20-11-4-12-21-27;1-2-4-5-3-1;/h13,22-27H,1-12,14-21H2;1-5H;. The quantitative estimate of drug-likeness (QED) is 0.277. The van der Waals surface area contributed by atoms with Crippen molar-refractivity contribution in [3.8, 4) is 0 Å². The van der Waals surface area contributed by atoms with E-state index in [2.05, 4.69) is 0 Å². The molecule has 0 nitrogen and oxygen atoms in total. The fourth-order valence-corrected chi connectivity index (χ4v) is 159. The minimum absolute atomic E-state index is 0.384. The van der Waals surface area contributed by atoms with Gasteiger partial charge in [-0.2, -0.15) is 0 Å². The summed E-state index contributed by atoms with van der Waals surface area (Å²) in [7, 11) is 0.768. The van der Waals surface area contributed by atoms with Gasteiger partial charge < -0.3 is 0 Å². The van der Waals surface area contributed by atoms with Crippen molar-refractivity contribution >= 4 is 15.8 Å². The van der Waals surface area contributed by atoms with E-state index in [1.165, 1.54) is 30.7 Å². The van der Waals surface area contributed by atoms with E-state index in [1.807, 2.05) is 0 Å². The third-order valence-corrected chi connectivity index (χ3v) is 92.7. The zero-order valence-electron chi connectivity index (χ0n) is 23.4. The molecule has 0 amide bonds. The van der Waals surface area contributed by atoms with Gasteiger partial charge in [0.15, 0.2) is 0 Å². The monoisotopic (exact) mass is 574 g/mol. The van der Waals surface area contributed by atoms with Crippen LogP contribution in [0.15, 0.2) is 0 Å². The molecule has 10 saturated heterocycles. The van der Waals surface area contributed by atoms with E-state index in [4.69, 9.17) is 0 Å². The van der Waals surface area contributed by atoms with Crippen LogP contribution in [0.1, 0.15) is 128 Å². The summed E-state index contributed by atoms with van der Waals surface area (Å²) in [4.78, 5) is 0. The molecule has 4 atom stereocenters. The Morgan fingerprint density at radius 2 is 0.622 bits per heavy atom. The van der Waals surface area contributed by atoms with E-state index in [1.54, 1.807) is 167 Å². The molecule has 14 aliphatic rings. The molecular weight excluding hydrogens is 522 g/mol. The molecule has 204 valence electrons. The molecule has 10 heterocycles. The summed E-state index contributed by atoms with van der Waals surface area (Å²) in [6.07, 6.45) is 33.4. The fraction of sp³-hybridized carbons (Fsp3) is 1.00. The van der Waals surface area contributed by atoms with Gasteiger partial charge in [0.2, 0.25) is 0 Å². The second kappa shape index (κ2) is 3.42. The Kier molecular flexibility index (Phi) is 1.88. The Morgan fingerprint density at radius 3 is 0.838 bits per heavy atom. The summed E-state index contributed by atoms with van der Waals surface area (Å²) in [5.74, 6) is 0. The molecule has 0 aromatic rings. The van der Waals surface area contributed by atoms with Crippen LogP contribution in [-0.2, 0) is 6.65 Å². The summed E-state index contributed by atoms with van der Waals surface area (Å²) in [6.45, 7) is -3.65. The number of hydrogen-bond acceptors (Lipinski definition) is 0. The third-order valence-electron chi connectivity index (χ3n) is 25.4. The predicted octanol–water partition coefficient (Wildman–Crippen LogP) is 11.5. The summed E-state index contributed by atoms with van der Waals surface area (Å²) in [6, 6.07) is 0. The molecule has 0 radical (unpaired) electrons. The Hall–Kier alpha value is 1.39. The maximum absolute atomic E-state index is 3.65. The van der Waals surface area contributed by atoms with Gasteiger partial charge in [-0.15, -0.1) is 0 Å². The molecule has 14 rings (SSSR count). The van der Waals surface area contributed by atoms with Crippen LogP contribution in [0.3, 0.4) is 0 Å². The van der Waals surface area contributed by atoms with Crippen molar-refractivity contribution in [1.29, 1.82) is 0 Å². The molecule has 4 unspecified atom stereocenters. The van der Waals surface area contributed by atoms with Gasteiger partial charge in [0, 0.05) is 0 Å². The first kappa shape index (κ1) is 20.3. The maximum atomic E-state index is 1.73. The van der Waals surface area contributed by atoms with Gasteiger partial charge >= 0.3 is 220 Å². The number of fused-ring (bicyclic) bond motifs is 10. The van der Waals surface area contributed by atoms with Crippen molar-refractivity contribution < 1.29 is 6.65 Å². The molecule has 0 N–H and O–H groups in total. The van der Waals surface area contributed by atoms with Gasteiger partial charge in [0.1, 0.15) is 0 Å². The van der Waals surface area contributed by atoms with E-state index < -0.39 is 6.65 Å². The van der Waals surface area contributed by atoms with Crippen LogP contribution in [0.5, 0.6) is 0 Å². The van der Waals surface area contributed by atoms with Crippen LogP contribution in [0.2, 0.25) is 38.2 Å². The van der Waals surface area contributed by atoms with Crippen LogP contribution in [-0.4, -0.2) is 30.7 Å². The number of hydrogen-bond donors (Lipinski definition) is 0. The topological polar surface area (TPSA) is 0 Å². The van der Waals surface area contributed by atoms with Crippen molar-refractivity contribution in [2.45, 2.75) is 197 Å². The summed E-state index contributed by atoms with van der Waals surface area (Å²) >= 11 is 0. The van der Waals surface area contributed by atoms with Gasteiger partial charge in [0.05, 0.1) is 0 Å². The fourth-order valence-electron chi connectivity index (χ4n) is 27.8. The van der Waals surface area contributed by atoms with E-state index >= 15 is 0 Å². The van der Waals surface area contributed by atoms with Crippen LogP contribution >= 0.6 is 15.8 Å². The van der Waals surface area contributed by atoms with Gasteiger partial charge in [-0.1, -0.05) is 0 Å². The van der Waals surface area contributed by atoms with Crippen molar-refractivity contribution in [3.63, 3.8) is 0 Å². The average molecular weight is 575 g/mol. The Morgan fingerprint density at radius 1 is 0.351 bits per heavy atom. The predicted molar refractivity (Wildman–Crippen MR) is 157 cm³/mol. The first-order chi connectivity index (χ1) is 18.1. The zero-order chi connectivity index (χ0) is 23.5. The van der Waals surface area contributed by atoms with Gasteiger partial charge in [-0.05, 0) is 0 Å². The van der Waals surface area contributed by atoms with Crippen molar-refractivity contribution in [2.75, 3.05) is 0 Å².